The van der Waals surface area contributed by atoms with Crippen molar-refractivity contribution in [2.75, 3.05) is 26.3 Å². The SMILES string of the molecule is [2H]C([2H])(Oc1cccc2c1C([2H])([2H])N(C1C(=O)NC(=O)C([2H])([2H])C1([2H])[2H])C2=O)c1cccc(C([2H])([2H])N2CCOCC2)c1F. The molecule has 8 nitrogen and oxygen atoms in total. The number of benzene rings is 2. The van der Waals surface area contributed by atoms with Crippen molar-refractivity contribution in [2.24, 2.45) is 0 Å². The van der Waals surface area contributed by atoms with Crippen LogP contribution in [0.25, 0.3) is 0 Å². The number of carbonyl (C=O) groups excluding carboxylic acids is 3. The van der Waals surface area contributed by atoms with E-state index in [1.165, 1.54) is 17.0 Å². The molecule has 0 spiro atoms. The lowest BCUT2D eigenvalue weighted by Crippen LogP contribution is -2.52. The van der Waals surface area contributed by atoms with Crippen LogP contribution < -0.4 is 10.1 Å². The van der Waals surface area contributed by atoms with E-state index in [4.69, 9.17) is 23.2 Å². The van der Waals surface area contributed by atoms with Crippen molar-refractivity contribution in [2.45, 2.75) is 38.3 Å². The summed E-state index contributed by atoms with van der Waals surface area (Å²) in [6.45, 7) is -7.81. The van der Waals surface area contributed by atoms with Crippen molar-refractivity contribution < 1.29 is 42.0 Å². The largest absolute Gasteiger partial charge is 0.488 e. The second-order valence-corrected chi connectivity index (χ2v) is 7.54. The summed E-state index contributed by atoms with van der Waals surface area (Å²) >= 11 is 0. The summed E-state index contributed by atoms with van der Waals surface area (Å²) in [5, 5.41) is 1.63. The number of morpholine rings is 1. The molecule has 9 heteroatoms. The summed E-state index contributed by atoms with van der Waals surface area (Å²) in [5.74, 6) is -6.22. The molecular formula is C25H26FN3O5. The van der Waals surface area contributed by atoms with Gasteiger partial charge in [0.05, 0.1) is 25.2 Å². The van der Waals surface area contributed by atoms with Crippen LogP contribution in [0.3, 0.4) is 0 Å². The van der Waals surface area contributed by atoms with Crippen LogP contribution in [0.5, 0.6) is 5.75 Å². The topological polar surface area (TPSA) is 88.2 Å². The molecule has 3 aliphatic rings. The van der Waals surface area contributed by atoms with E-state index >= 15 is 4.39 Å². The van der Waals surface area contributed by atoms with Crippen LogP contribution in [-0.2, 0) is 33.9 Å². The summed E-state index contributed by atoms with van der Waals surface area (Å²) in [5.41, 5.74) is -2.33. The molecule has 3 heterocycles. The minimum atomic E-state index is -3.39. The Kier molecular flexibility index (Phi) is 3.79. The number of nitrogens with one attached hydrogen (secondary N) is 1. The number of halogens is 1. The lowest BCUT2D eigenvalue weighted by atomic mass is 10.0. The van der Waals surface area contributed by atoms with Crippen molar-refractivity contribution in [1.82, 2.24) is 15.1 Å². The summed E-state index contributed by atoms with van der Waals surface area (Å²) in [7, 11) is 0. The summed E-state index contributed by atoms with van der Waals surface area (Å²) in [4.78, 5) is 39.7. The van der Waals surface area contributed by atoms with Crippen molar-refractivity contribution in [3.05, 3.63) is 64.5 Å². The molecule has 34 heavy (non-hydrogen) atoms. The van der Waals surface area contributed by atoms with Gasteiger partial charge in [-0.3, -0.25) is 24.6 Å². The maximum Gasteiger partial charge on any atom is 0.255 e. The van der Waals surface area contributed by atoms with Gasteiger partial charge in [-0.25, -0.2) is 4.39 Å². The summed E-state index contributed by atoms with van der Waals surface area (Å²) < 4.78 is 111. The molecule has 5 rings (SSSR count). The van der Waals surface area contributed by atoms with Gasteiger partial charge in [-0.15, -0.1) is 0 Å². The number of hydrogen-bond donors (Lipinski definition) is 1. The van der Waals surface area contributed by atoms with Crippen LogP contribution >= 0.6 is 0 Å². The van der Waals surface area contributed by atoms with E-state index < -0.39 is 89.9 Å². The van der Waals surface area contributed by atoms with Gasteiger partial charge in [0.15, 0.2) is 0 Å². The lowest BCUT2D eigenvalue weighted by Gasteiger charge is -2.29. The normalized spacial score (nSPS) is 30.6. The van der Waals surface area contributed by atoms with Crippen molar-refractivity contribution in [1.29, 1.82) is 0 Å². The van der Waals surface area contributed by atoms with Gasteiger partial charge in [0.2, 0.25) is 11.8 Å². The molecule has 2 aromatic carbocycles. The third-order valence-electron chi connectivity index (χ3n) is 5.33. The van der Waals surface area contributed by atoms with Gasteiger partial charge >= 0.3 is 0 Å². The lowest BCUT2D eigenvalue weighted by molar-refractivity contribution is -0.136. The smallest absolute Gasteiger partial charge is 0.255 e. The van der Waals surface area contributed by atoms with Crippen LogP contribution in [0.4, 0.5) is 4.39 Å². The Morgan fingerprint density at radius 2 is 1.91 bits per heavy atom. The fraction of sp³-hybridized carbons (Fsp3) is 0.400. The maximum atomic E-state index is 15.8. The third-order valence-corrected chi connectivity index (χ3v) is 5.33. The van der Waals surface area contributed by atoms with Crippen molar-refractivity contribution in [3.8, 4) is 5.75 Å². The molecule has 1 atom stereocenters. The van der Waals surface area contributed by atoms with Gasteiger partial charge in [-0.05, 0) is 18.5 Å². The fourth-order valence-corrected chi connectivity index (χ4v) is 3.64. The zero-order valence-corrected chi connectivity index (χ0v) is 17.7. The molecule has 0 aliphatic carbocycles. The number of rotatable bonds is 6. The number of ether oxygens (including phenoxy) is 2. The first-order valence-corrected chi connectivity index (χ1v) is 10.4. The number of piperidine rings is 1. The Hall–Kier alpha value is -3.30. The average Bonchev–Trinajstić information content (AvgIpc) is 3.13. The highest BCUT2D eigenvalue weighted by atomic mass is 19.1. The second-order valence-electron chi connectivity index (χ2n) is 7.54. The standard InChI is InChI=1S/C25H26FN3O5/c26-23-16(13-28-9-11-33-12-10-28)3-1-4-17(23)15-34-21-6-2-5-18-19(21)14-29(25(18)32)20-7-8-22(30)27-24(20)31/h1-6,20H,7-15H2,(H,27,30,31)/i7D2,8D2,13D2,14D2,15D2. The number of amides is 3. The van der Waals surface area contributed by atoms with Gasteiger partial charge in [-0.1, -0.05) is 24.3 Å². The molecule has 2 saturated heterocycles. The molecule has 0 bridgehead atoms. The Morgan fingerprint density at radius 3 is 2.74 bits per heavy atom. The summed E-state index contributed by atoms with van der Waals surface area (Å²) in [6, 6.07) is 4.29. The maximum absolute atomic E-state index is 15.8. The van der Waals surface area contributed by atoms with Gasteiger partial charge in [0.1, 0.15) is 24.2 Å². The zero-order valence-electron chi connectivity index (χ0n) is 27.7. The molecule has 2 fully saturated rings. The molecule has 1 N–H and O–H groups in total. The minimum absolute atomic E-state index is 0.137. The van der Waals surface area contributed by atoms with Crippen LogP contribution in [0, 0.1) is 5.82 Å². The van der Waals surface area contributed by atoms with Gasteiger partial charge in [-0.2, -0.15) is 0 Å². The Morgan fingerprint density at radius 1 is 1.15 bits per heavy atom. The first-order valence-electron chi connectivity index (χ1n) is 15.4. The van der Waals surface area contributed by atoms with E-state index in [-0.39, 0.29) is 31.2 Å². The molecule has 0 aromatic heterocycles. The third kappa shape index (κ3) is 4.41. The van der Waals surface area contributed by atoms with E-state index in [0.717, 1.165) is 24.3 Å². The highest BCUT2D eigenvalue weighted by Gasteiger charge is 2.40. The first kappa shape index (κ1) is 13.6. The van der Waals surface area contributed by atoms with Gasteiger partial charge in [0.25, 0.3) is 5.91 Å². The van der Waals surface area contributed by atoms with E-state index in [1.807, 2.05) is 0 Å². The molecule has 2 aromatic rings. The van der Waals surface area contributed by atoms with E-state index in [9.17, 15) is 14.4 Å². The molecular weight excluding hydrogens is 441 g/mol. The zero-order chi connectivity index (χ0) is 32.6. The Balaban J connectivity index is 1.53. The quantitative estimate of drug-likeness (QED) is 0.641. The highest BCUT2D eigenvalue weighted by molar-refractivity contribution is 6.05. The van der Waals surface area contributed by atoms with Crippen LogP contribution in [-0.4, -0.2) is 59.9 Å². The van der Waals surface area contributed by atoms with E-state index in [0.29, 0.717) is 0 Å². The summed E-state index contributed by atoms with van der Waals surface area (Å²) in [6.07, 6.45) is -6.74. The van der Waals surface area contributed by atoms with Crippen LogP contribution in [0.2, 0.25) is 0 Å². The predicted octanol–water partition coefficient (Wildman–Crippen LogP) is 2.00. The molecule has 3 aliphatic heterocycles. The fourth-order valence-electron chi connectivity index (χ4n) is 3.64. The Bertz CT molecular complexity index is 1550. The second kappa shape index (κ2) is 9.52. The molecule has 3 amide bonds. The molecule has 0 saturated carbocycles. The van der Waals surface area contributed by atoms with Crippen molar-refractivity contribution in [3.63, 3.8) is 0 Å². The first-order chi connectivity index (χ1) is 20.3. The number of carbonyl (C=O) groups is 3. The minimum Gasteiger partial charge on any atom is -0.488 e. The van der Waals surface area contributed by atoms with Crippen LogP contribution in [0.15, 0.2) is 36.4 Å². The predicted molar refractivity (Wildman–Crippen MR) is 119 cm³/mol. The molecule has 0 radical (unpaired) electrons. The monoisotopic (exact) mass is 477 g/mol. The van der Waals surface area contributed by atoms with Crippen LogP contribution in [0.1, 0.15) is 53.5 Å². The number of nitrogens with zero attached hydrogens (tertiary/aromatic N) is 2. The number of imide groups is 1. The Labute approximate surface area is 210 Å². The molecule has 1 unspecified atom stereocenters. The van der Waals surface area contributed by atoms with Gasteiger partial charge in [0, 0.05) is 56.4 Å². The highest BCUT2D eigenvalue weighted by Crippen LogP contribution is 2.34. The average molecular weight is 478 g/mol. The number of fused-ring (bicyclic) bond motifs is 1. The van der Waals surface area contributed by atoms with Gasteiger partial charge < -0.3 is 14.4 Å². The molecule has 178 valence electrons. The van der Waals surface area contributed by atoms with Crippen molar-refractivity contribution >= 4 is 17.7 Å². The van der Waals surface area contributed by atoms with E-state index in [1.54, 1.807) is 5.32 Å². The van der Waals surface area contributed by atoms with E-state index in [2.05, 4.69) is 0 Å². The number of hydrogen-bond acceptors (Lipinski definition) is 6.